The van der Waals surface area contributed by atoms with Crippen LogP contribution in [-0.4, -0.2) is 65.9 Å². The lowest BCUT2D eigenvalue weighted by Gasteiger charge is -2.33. The van der Waals surface area contributed by atoms with Crippen LogP contribution in [-0.2, 0) is 11.3 Å². The topological polar surface area (TPSA) is 80.9 Å². The van der Waals surface area contributed by atoms with Crippen molar-refractivity contribution in [2.75, 3.05) is 39.9 Å². The molecule has 0 N–H and O–H groups in total. The number of hydrogen-bond acceptors (Lipinski definition) is 7. The van der Waals surface area contributed by atoms with Crippen molar-refractivity contribution >= 4 is 6.09 Å². The molecule has 134 valence electrons. The number of piperazine rings is 1. The summed E-state index contributed by atoms with van der Waals surface area (Å²) in [7, 11) is 1.63. The minimum atomic E-state index is -0.247. The Morgan fingerprint density at radius 2 is 1.92 bits per heavy atom. The number of benzene rings is 1. The van der Waals surface area contributed by atoms with Gasteiger partial charge in [-0.15, -0.1) is 0 Å². The molecule has 2 heterocycles. The van der Waals surface area contributed by atoms with E-state index in [1.165, 1.54) is 0 Å². The molecule has 0 bridgehead atoms. The van der Waals surface area contributed by atoms with E-state index in [9.17, 15) is 4.79 Å². The summed E-state index contributed by atoms with van der Waals surface area (Å²) in [5.41, 5.74) is 0.853. The highest BCUT2D eigenvalue weighted by Crippen LogP contribution is 2.21. The predicted molar refractivity (Wildman–Crippen MR) is 90.2 cm³/mol. The van der Waals surface area contributed by atoms with Crippen LogP contribution in [0.2, 0.25) is 0 Å². The molecule has 3 rings (SSSR count). The number of ether oxygens (including phenoxy) is 2. The first-order valence-corrected chi connectivity index (χ1v) is 8.30. The second-order valence-electron chi connectivity index (χ2n) is 5.71. The second-order valence-corrected chi connectivity index (χ2v) is 5.71. The van der Waals surface area contributed by atoms with Gasteiger partial charge in [-0.1, -0.05) is 5.16 Å². The van der Waals surface area contributed by atoms with Crippen LogP contribution in [0.3, 0.4) is 0 Å². The van der Waals surface area contributed by atoms with E-state index < -0.39 is 0 Å². The third kappa shape index (κ3) is 4.27. The van der Waals surface area contributed by atoms with Crippen LogP contribution in [0.5, 0.6) is 5.75 Å². The van der Waals surface area contributed by atoms with E-state index >= 15 is 0 Å². The number of methoxy groups -OCH3 is 1. The molecule has 1 aliphatic rings. The van der Waals surface area contributed by atoms with Gasteiger partial charge in [0.05, 0.1) is 20.3 Å². The van der Waals surface area contributed by atoms with Crippen molar-refractivity contribution in [2.24, 2.45) is 0 Å². The fraction of sp³-hybridized carbons (Fsp3) is 0.471. The quantitative estimate of drug-likeness (QED) is 0.819. The lowest BCUT2D eigenvalue weighted by molar-refractivity contribution is 0.0769. The molecule has 0 atom stereocenters. The molecule has 1 aliphatic heterocycles. The number of carbonyl (C=O) groups excluding carboxylic acids is 1. The maximum absolute atomic E-state index is 11.7. The van der Waals surface area contributed by atoms with Crippen molar-refractivity contribution in [2.45, 2.75) is 13.5 Å². The van der Waals surface area contributed by atoms with Gasteiger partial charge in [0, 0.05) is 31.7 Å². The number of rotatable bonds is 5. The highest BCUT2D eigenvalue weighted by atomic mass is 16.6. The third-order valence-electron chi connectivity index (χ3n) is 4.07. The van der Waals surface area contributed by atoms with Crippen molar-refractivity contribution in [3.8, 4) is 17.2 Å². The predicted octanol–water partition coefficient (Wildman–Crippen LogP) is 2.02. The van der Waals surface area contributed by atoms with Gasteiger partial charge in [-0.25, -0.2) is 4.79 Å². The Balaban J connectivity index is 1.54. The molecule has 1 fully saturated rings. The Morgan fingerprint density at radius 3 is 2.56 bits per heavy atom. The molecular weight excluding hydrogens is 324 g/mol. The van der Waals surface area contributed by atoms with E-state index in [1.54, 1.807) is 12.0 Å². The molecule has 1 aromatic carbocycles. The summed E-state index contributed by atoms with van der Waals surface area (Å²) in [6.45, 7) is 5.59. The molecule has 0 radical (unpaired) electrons. The van der Waals surface area contributed by atoms with Gasteiger partial charge >= 0.3 is 6.09 Å². The highest BCUT2D eigenvalue weighted by Gasteiger charge is 2.23. The molecule has 8 nitrogen and oxygen atoms in total. The maximum Gasteiger partial charge on any atom is 0.409 e. The van der Waals surface area contributed by atoms with Crippen LogP contribution in [0, 0.1) is 0 Å². The minimum absolute atomic E-state index is 0.247. The Labute approximate surface area is 146 Å². The molecule has 1 amide bonds. The summed E-state index contributed by atoms with van der Waals surface area (Å²) in [5.74, 6) is 1.90. The zero-order valence-corrected chi connectivity index (χ0v) is 14.5. The van der Waals surface area contributed by atoms with Crippen LogP contribution in [0.15, 0.2) is 28.8 Å². The van der Waals surface area contributed by atoms with E-state index in [-0.39, 0.29) is 6.09 Å². The Bertz CT molecular complexity index is 693. The van der Waals surface area contributed by atoms with E-state index in [2.05, 4.69) is 15.0 Å². The van der Waals surface area contributed by atoms with Crippen LogP contribution < -0.4 is 4.74 Å². The molecule has 1 aromatic heterocycles. The van der Waals surface area contributed by atoms with Gasteiger partial charge in [-0.05, 0) is 31.2 Å². The summed E-state index contributed by atoms with van der Waals surface area (Å²) in [5, 5.41) is 4.05. The maximum atomic E-state index is 11.7. The first-order valence-electron chi connectivity index (χ1n) is 8.30. The number of carbonyl (C=O) groups is 1. The highest BCUT2D eigenvalue weighted by molar-refractivity contribution is 5.67. The first kappa shape index (κ1) is 17.2. The molecule has 8 heteroatoms. The van der Waals surface area contributed by atoms with E-state index in [0.717, 1.165) is 24.4 Å². The Kier molecular flexibility index (Phi) is 5.49. The van der Waals surface area contributed by atoms with Gasteiger partial charge in [0.1, 0.15) is 5.75 Å². The Hall–Kier alpha value is -2.61. The van der Waals surface area contributed by atoms with Gasteiger partial charge in [0.15, 0.2) is 5.82 Å². The van der Waals surface area contributed by atoms with Crippen LogP contribution in [0.4, 0.5) is 4.79 Å². The van der Waals surface area contributed by atoms with Crippen molar-refractivity contribution < 1.29 is 18.8 Å². The molecule has 2 aromatic rings. The normalized spacial score (nSPS) is 15.2. The van der Waals surface area contributed by atoms with Gasteiger partial charge in [0.25, 0.3) is 5.89 Å². The zero-order chi connectivity index (χ0) is 17.6. The van der Waals surface area contributed by atoms with Crippen molar-refractivity contribution in [1.29, 1.82) is 0 Å². The standard InChI is InChI=1S/C17H22N4O4/c1-3-24-17(22)21-10-8-20(9-11-21)12-15-18-16(25-19-15)13-4-6-14(23-2)7-5-13/h4-7H,3,8-12H2,1-2H3. The van der Waals surface area contributed by atoms with E-state index in [4.69, 9.17) is 14.0 Å². The number of hydrogen-bond donors (Lipinski definition) is 0. The second kappa shape index (κ2) is 7.98. The average Bonchev–Trinajstić information content (AvgIpc) is 3.11. The molecule has 0 unspecified atom stereocenters. The third-order valence-corrected chi connectivity index (χ3v) is 4.07. The lowest BCUT2D eigenvalue weighted by Crippen LogP contribution is -2.48. The molecule has 1 saturated heterocycles. The lowest BCUT2D eigenvalue weighted by atomic mass is 10.2. The molecule has 25 heavy (non-hydrogen) atoms. The smallest absolute Gasteiger partial charge is 0.409 e. The number of amides is 1. The zero-order valence-electron chi connectivity index (χ0n) is 14.5. The molecular formula is C17H22N4O4. The van der Waals surface area contributed by atoms with Gasteiger partial charge in [-0.2, -0.15) is 4.98 Å². The SMILES string of the molecule is CCOC(=O)N1CCN(Cc2noc(-c3ccc(OC)cc3)n2)CC1. The van der Waals surface area contributed by atoms with Crippen molar-refractivity contribution in [1.82, 2.24) is 19.9 Å². The summed E-state index contributed by atoms with van der Waals surface area (Å²) in [6.07, 6.45) is -0.247. The van der Waals surface area contributed by atoms with Crippen molar-refractivity contribution in [3.63, 3.8) is 0 Å². The van der Waals surface area contributed by atoms with Gasteiger partial charge < -0.3 is 18.9 Å². The van der Waals surface area contributed by atoms with Gasteiger partial charge in [0.2, 0.25) is 0 Å². The first-order chi connectivity index (χ1) is 12.2. The summed E-state index contributed by atoms with van der Waals surface area (Å²) >= 11 is 0. The number of nitrogens with zero attached hydrogens (tertiary/aromatic N) is 4. The van der Waals surface area contributed by atoms with E-state index in [0.29, 0.717) is 38.0 Å². The van der Waals surface area contributed by atoms with E-state index in [1.807, 2.05) is 31.2 Å². The average molecular weight is 346 g/mol. The van der Waals surface area contributed by atoms with Crippen LogP contribution in [0.25, 0.3) is 11.5 Å². The number of aromatic nitrogens is 2. The fourth-order valence-corrected chi connectivity index (χ4v) is 2.67. The largest absolute Gasteiger partial charge is 0.497 e. The van der Waals surface area contributed by atoms with Crippen LogP contribution in [0.1, 0.15) is 12.7 Å². The minimum Gasteiger partial charge on any atom is -0.497 e. The Morgan fingerprint density at radius 1 is 1.20 bits per heavy atom. The fourth-order valence-electron chi connectivity index (χ4n) is 2.67. The molecule has 0 spiro atoms. The summed E-state index contributed by atoms with van der Waals surface area (Å²) < 4.78 is 15.5. The molecule has 0 aliphatic carbocycles. The monoisotopic (exact) mass is 346 g/mol. The summed E-state index contributed by atoms with van der Waals surface area (Å²) in [6, 6.07) is 7.48. The summed E-state index contributed by atoms with van der Waals surface area (Å²) in [4.78, 5) is 20.1. The molecule has 0 saturated carbocycles. The van der Waals surface area contributed by atoms with Crippen LogP contribution >= 0.6 is 0 Å². The van der Waals surface area contributed by atoms with Gasteiger partial charge in [-0.3, -0.25) is 4.90 Å². The van der Waals surface area contributed by atoms with Crippen molar-refractivity contribution in [3.05, 3.63) is 30.1 Å².